The first-order chi connectivity index (χ1) is 13.1. The molecule has 0 radical (unpaired) electrons. The molecule has 1 aromatic rings. The molecule has 4 bridgehead atoms. The van der Waals surface area contributed by atoms with Crippen molar-refractivity contribution in [1.82, 2.24) is 15.1 Å². The van der Waals surface area contributed by atoms with Gasteiger partial charge in [-0.05, 0) is 68.6 Å². The van der Waals surface area contributed by atoms with Crippen molar-refractivity contribution in [2.45, 2.75) is 57.1 Å². The third-order valence-electron chi connectivity index (χ3n) is 7.35. The molecule has 0 spiro atoms. The molecule has 7 heteroatoms. The number of carbonyl (C=O) groups excluding carboxylic acids is 1. The molecular formula is C20H30N4O3. The summed E-state index contributed by atoms with van der Waals surface area (Å²) in [4.78, 5) is 14.8. The monoisotopic (exact) mass is 374 g/mol. The first-order valence-corrected chi connectivity index (χ1v) is 10.5. The molecule has 0 aromatic carbocycles. The maximum Gasteiger partial charge on any atom is 0.413 e. The van der Waals surface area contributed by atoms with Gasteiger partial charge in [0.1, 0.15) is 0 Å². The molecule has 0 unspecified atom stereocenters. The minimum Gasteiger partial charge on any atom is -0.405 e. The van der Waals surface area contributed by atoms with Crippen LogP contribution in [0.4, 0.5) is 10.6 Å². The third-order valence-corrected chi connectivity index (χ3v) is 7.35. The number of ether oxygens (including phenoxy) is 1. The maximum atomic E-state index is 12.7. The first-order valence-electron chi connectivity index (χ1n) is 10.5. The normalized spacial score (nSPS) is 35.5. The van der Waals surface area contributed by atoms with E-state index in [4.69, 9.17) is 4.74 Å². The molecule has 2 N–H and O–H groups in total. The Balaban J connectivity index is 1.25. The van der Waals surface area contributed by atoms with E-state index in [9.17, 15) is 9.90 Å². The van der Waals surface area contributed by atoms with E-state index < -0.39 is 0 Å². The van der Waals surface area contributed by atoms with Crippen LogP contribution in [-0.2, 0) is 7.05 Å². The summed E-state index contributed by atoms with van der Waals surface area (Å²) in [5.41, 5.74) is 0. The maximum absolute atomic E-state index is 12.7. The summed E-state index contributed by atoms with van der Waals surface area (Å²) in [6.45, 7) is 1.49. The van der Waals surface area contributed by atoms with Gasteiger partial charge < -0.3 is 20.1 Å². The average molecular weight is 374 g/mol. The molecule has 7 nitrogen and oxygen atoms in total. The summed E-state index contributed by atoms with van der Waals surface area (Å²) < 4.78 is 7.47. The Kier molecular flexibility index (Phi) is 4.30. The number of rotatable bonds is 3. The van der Waals surface area contributed by atoms with Crippen LogP contribution in [0.25, 0.3) is 0 Å². The van der Waals surface area contributed by atoms with Crippen molar-refractivity contribution in [3.63, 3.8) is 0 Å². The number of aromatic nitrogens is 2. The Bertz CT molecular complexity index is 682. The largest absolute Gasteiger partial charge is 0.413 e. The summed E-state index contributed by atoms with van der Waals surface area (Å²) in [6.07, 6.45) is 8.98. The van der Waals surface area contributed by atoms with Crippen LogP contribution in [0.5, 0.6) is 5.75 Å². The molecule has 5 aliphatic rings. The fourth-order valence-electron chi connectivity index (χ4n) is 6.35. The Morgan fingerprint density at radius 3 is 2.41 bits per heavy atom. The second kappa shape index (κ2) is 6.69. The predicted molar refractivity (Wildman–Crippen MR) is 101 cm³/mol. The number of amides is 1. The molecule has 27 heavy (non-hydrogen) atoms. The van der Waals surface area contributed by atoms with E-state index >= 15 is 0 Å². The molecule has 148 valence electrons. The fourth-order valence-corrected chi connectivity index (χ4v) is 6.35. The van der Waals surface area contributed by atoms with Crippen molar-refractivity contribution in [2.24, 2.45) is 30.7 Å². The lowest BCUT2D eigenvalue weighted by Gasteiger charge is -2.54. The smallest absolute Gasteiger partial charge is 0.405 e. The number of piperidine rings is 1. The Morgan fingerprint density at radius 2 is 1.78 bits per heavy atom. The van der Waals surface area contributed by atoms with Gasteiger partial charge in [0, 0.05) is 26.2 Å². The summed E-state index contributed by atoms with van der Waals surface area (Å²) in [5.74, 6) is 4.37. The summed E-state index contributed by atoms with van der Waals surface area (Å²) in [5, 5.41) is 17.2. The highest BCUT2D eigenvalue weighted by atomic mass is 16.6. The Hall–Kier alpha value is -1.76. The zero-order chi connectivity index (χ0) is 18.5. The van der Waals surface area contributed by atoms with Gasteiger partial charge in [-0.2, -0.15) is 5.10 Å². The van der Waals surface area contributed by atoms with Gasteiger partial charge in [-0.1, -0.05) is 0 Å². The topological polar surface area (TPSA) is 79.6 Å². The minimum absolute atomic E-state index is 0.237. The number of nitrogens with zero attached hydrogens (tertiary/aromatic N) is 3. The van der Waals surface area contributed by atoms with Crippen molar-refractivity contribution in [3.05, 3.63) is 6.20 Å². The summed E-state index contributed by atoms with van der Waals surface area (Å²) >= 11 is 0. The molecule has 2 heterocycles. The number of nitrogens with one attached hydrogen (secondary N) is 1. The van der Waals surface area contributed by atoms with Crippen molar-refractivity contribution in [1.29, 1.82) is 0 Å². The number of hydrogen-bond donors (Lipinski definition) is 2. The number of hydrogen-bond acceptors (Lipinski definition) is 5. The lowest BCUT2D eigenvalue weighted by atomic mass is 9.54. The Labute approximate surface area is 160 Å². The van der Waals surface area contributed by atoms with Crippen molar-refractivity contribution < 1.29 is 14.6 Å². The van der Waals surface area contributed by atoms with Crippen LogP contribution in [0.1, 0.15) is 44.9 Å². The highest BCUT2D eigenvalue weighted by molar-refractivity contribution is 5.73. The van der Waals surface area contributed by atoms with Crippen LogP contribution in [0.15, 0.2) is 6.20 Å². The quantitative estimate of drug-likeness (QED) is 0.849. The minimum atomic E-state index is -0.348. The molecule has 0 atom stereocenters. The van der Waals surface area contributed by atoms with Crippen molar-refractivity contribution in [3.8, 4) is 5.75 Å². The zero-order valence-electron chi connectivity index (χ0n) is 16.0. The SMILES string of the molecule is Cn1ncc(OC(=O)NC2C3CC4CC(C3)CC2C4)c1N1CCC(O)CC1. The van der Waals surface area contributed by atoms with Crippen LogP contribution in [-0.4, -0.2) is 46.2 Å². The highest BCUT2D eigenvalue weighted by Crippen LogP contribution is 2.53. The number of aliphatic hydroxyl groups is 1. The van der Waals surface area contributed by atoms with Crippen molar-refractivity contribution >= 4 is 11.9 Å². The van der Waals surface area contributed by atoms with Gasteiger partial charge in [0.05, 0.1) is 12.3 Å². The second-order valence-electron chi connectivity index (χ2n) is 9.16. The van der Waals surface area contributed by atoms with Crippen LogP contribution in [0, 0.1) is 23.7 Å². The van der Waals surface area contributed by atoms with E-state index in [0.717, 1.165) is 43.6 Å². The number of anilines is 1. The number of aryl methyl sites for hydroxylation is 1. The predicted octanol–water partition coefficient (Wildman–Crippen LogP) is 2.29. The molecule has 5 fully saturated rings. The van der Waals surface area contributed by atoms with Gasteiger partial charge in [-0.15, -0.1) is 0 Å². The van der Waals surface area contributed by atoms with Crippen molar-refractivity contribution in [2.75, 3.05) is 18.0 Å². The zero-order valence-corrected chi connectivity index (χ0v) is 16.0. The highest BCUT2D eigenvalue weighted by Gasteiger charge is 2.48. The average Bonchev–Trinajstić information content (AvgIpc) is 2.98. The molecule has 1 saturated heterocycles. The van der Waals surface area contributed by atoms with Crippen LogP contribution >= 0.6 is 0 Å². The first kappa shape index (κ1) is 17.3. The van der Waals surface area contributed by atoms with E-state index in [1.807, 2.05) is 7.05 Å². The van der Waals surface area contributed by atoms with Gasteiger partial charge >= 0.3 is 6.09 Å². The lowest BCUT2D eigenvalue weighted by Crippen LogP contribution is -2.56. The van der Waals surface area contributed by atoms with Gasteiger partial charge in [-0.3, -0.25) is 0 Å². The van der Waals surface area contributed by atoms with Gasteiger partial charge in [0.25, 0.3) is 0 Å². The van der Waals surface area contributed by atoms with E-state index in [1.54, 1.807) is 10.9 Å². The van der Waals surface area contributed by atoms with Gasteiger partial charge in [0.2, 0.25) is 0 Å². The van der Waals surface area contributed by atoms with Crippen LogP contribution in [0.3, 0.4) is 0 Å². The van der Waals surface area contributed by atoms with E-state index in [0.29, 0.717) is 17.6 Å². The third kappa shape index (κ3) is 3.20. The Morgan fingerprint density at radius 1 is 1.15 bits per heavy atom. The number of aliphatic hydroxyl groups excluding tert-OH is 1. The molecule has 4 saturated carbocycles. The van der Waals surface area contributed by atoms with E-state index in [2.05, 4.69) is 15.3 Å². The van der Waals surface area contributed by atoms with Crippen LogP contribution < -0.4 is 15.0 Å². The van der Waals surface area contributed by atoms with Gasteiger partial charge in [-0.25, -0.2) is 9.48 Å². The second-order valence-corrected chi connectivity index (χ2v) is 9.16. The van der Waals surface area contributed by atoms with Crippen LogP contribution in [0.2, 0.25) is 0 Å². The van der Waals surface area contributed by atoms with Gasteiger partial charge in [0.15, 0.2) is 11.6 Å². The van der Waals surface area contributed by atoms with E-state index in [-0.39, 0.29) is 18.2 Å². The lowest BCUT2D eigenvalue weighted by molar-refractivity contribution is -0.0114. The molecule has 1 aliphatic heterocycles. The number of carbonyl (C=O) groups is 1. The molecular weight excluding hydrogens is 344 g/mol. The summed E-state index contributed by atoms with van der Waals surface area (Å²) in [7, 11) is 1.86. The van der Waals surface area contributed by atoms with E-state index in [1.165, 1.54) is 32.1 Å². The molecule has 4 aliphatic carbocycles. The molecule has 1 amide bonds. The standard InChI is InChI=1S/C20H30N4O3/c1-23-19(24-4-2-16(25)3-5-24)17(11-21-23)27-20(26)22-18-14-7-12-6-13(9-14)10-15(18)8-12/h11-16,18,25H,2-10H2,1H3,(H,22,26). The molecule has 6 rings (SSSR count). The molecule has 1 aromatic heterocycles. The fraction of sp³-hybridized carbons (Fsp3) is 0.800. The summed E-state index contributed by atoms with van der Waals surface area (Å²) in [6, 6.07) is 0.274.